The van der Waals surface area contributed by atoms with Crippen molar-refractivity contribution in [2.24, 2.45) is 11.8 Å². The Morgan fingerprint density at radius 3 is 2.76 bits per heavy atom. The number of nitrogens with zero attached hydrogens (tertiary/aromatic N) is 1. The monoisotopic (exact) mass is 233 g/mol. The quantitative estimate of drug-likeness (QED) is 0.819. The molecule has 2 unspecified atom stereocenters. The topological polar surface area (TPSA) is 54.0 Å². The van der Waals surface area contributed by atoms with Crippen LogP contribution in [0.1, 0.15) is 25.6 Å². The van der Waals surface area contributed by atoms with Crippen molar-refractivity contribution in [2.45, 2.75) is 19.9 Å². The minimum Gasteiger partial charge on any atom is -0.348 e. The predicted molar refractivity (Wildman–Crippen MR) is 66.3 cm³/mol. The molecule has 92 valence electrons. The largest absolute Gasteiger partial charge is 0.348 e. The maximum Gasteiger partial charge on any atom is 0.223 e. The first-order chi connectivity index (χ1) is 8.18. The molecule has 0 aliphatic carbocycles. The van der Waals surface area contributed by atoms with Gasteiger partial charge in [0.25, 0.3) is 0 Å². The number of carbonyl (C=O) groups excluding carboxylic acids is 1. The van der Waals surface area contributed by atoms with E-state index in [2.05, 4.69) is 15.6 Å². The minimum atomic E-state index is -0.0285. The molecule has 1 aromatic rings. The van der Waals surface area contributed by atoms with Crippen LogP contribution in [0.5, 0.6) is 0 Å². The highest BCUT2D eigenvalue weighted by Crippen LogP contribution is 2.17. The number of amides is 1. The van der Waals surface area contributed by atoms with Gasteiger partial charge in [0.05, 0.1) is 11.7 Å². The molecule has 0 bridgehead atoms. The molecule has 1 aliphatic rings. The lowest BCUT2D eigenvalue weighted by atomic mass is 9.88. The fourth-order valence-electron chi connectivity index (χ4n) is 1.93. The number of rotatable bonds is 4. The lowest BCUT2D eigenvalue weighted by Crippen LogP contribution is -2.49. The van der Waals surface area contributed by atoms with Crippen LogP contribution >= 0.6 is 0 Å². The molecule has 2 atom stereocenters. The van der Waals surface area contributed by atoms with Crippen molar-refractivity contribution >= 4 is 5.91 Å². The Kier molecular flexibility index (Phi) is 3.74. The fraction of sp³-hybridized carbons (Fsp3) is 0.538. The van der Waals surface area contributed by atoms with Crippen LogP contribution in [-0.4, -0.2) is 24.0 Å². The summed E-state index contributed by atoms with van der Waals surface area (Å²) >= 11 is 0. The first kappa shape index (κ1) is 12.0. The second-order valence-corrected chi connectivity index (χ2v) is 4.69. The van der Waals surface area contributed by atoms with Gasteiger partial charge < -0.3 is 10.6 Å². The van der Waals surface area contributed by atoms with Crippen LogP contribution in [0.2, 0.25) is 0 Å². The molecule has 0 aromatic carbocycles. The van der Waals surface area contributed by atoms with E-state index in [0.717, 1.165) is 18.8 Å². The third-order valence-electron chi connectivity index (χ3n) is 3.42. The smallest absolute Gasteiger partial charge is 0.223 e. The first-order valence-electron chi connectivity index (χ1n) is 6.10. The molecule has 1 aromatic heterocycles. The van der Waals surface area contributed by atoms with E-state index in [-0.39, 0.29) is 17.9 Å². The SMILES string of the molecule is CC(NC(=O)C(C)C1CNC1)c1ccccn1. The predicted octanol–water partition coefficient (Wildman–Crippen LogP) is 1.11. The van der Waals surface area contributed by atoms with Gasteiger partial charge in [0.15, 0.2) is 0 Å². The highest BCUT2D eigenvalue weighted by molar-refractivity contribution is 5.79. The Labute approximate surface area is 102 Å². The summed E-state index contributed by atoms with van der Waals surface area (Å²) in [4.78, 5) is 16.2. The number of hydrogen-bond acceptors (Lipinski definition) is 3. The van der Waals surface area contributed by atoms with Crippen molar-refractivity contribution in [3.05, 3.63) is 30.1 Å². The Bertz CT molecular complexity index is 376. The number of carbonyl (C=O) groups is 1. The van der Waals surface area contributed by atoms with Gasteiger partial charge in [-0.25, -0.2) is 0 Å². The van der Waals surface area contributed by atoms with Crippen molar-refractivity contribution in [2.75, 3.05) is 13.1 Å². The molecule has 2 rings (SSSR count). The van der Waals surface area contributed by atoms with Crippen LogP contribution < -0.4 is 10.6 Å². The van der Waals surface area contributed by atoms with Gasteiger partial charge in [-0.1, -0.05) is 13.0 Å². The second kappa shape index (κ2) is 5.27. The lowest BCUT2D eigenvalue weighted by molar-refractivity contribution is -0.127. The molecular weight excluding hydrogens is 214 g/mol. The molecule has 1 aliphatic heterocycles. The molecule has 1 amide bonds. The van der Waals surface area contributed by atoms with Crippen LogP contribution in [0, 0.1) is 11.8 Å². The van der Waals surface area contributed by atoms with Crippen molar-refractivity contribution in [1.82, 2.24) is 15.6 Å². The Balaban J connectivity index is 1.89. The Hall–Kier alpha value is -1.42. The zero-order valence-corrected chi connectivity index (χ0v) is 10.3. The Morgan fingerprint density at radius 1 is 1.47 bits per heavy atom. The van der Waals surface area contributed by atoms with E-state index in [0.29, 0.717) is 5.92 Å². The molecule has 4 nitrogen and oxygen atoms in total. The van der Waals surface area contributed by atoms with E-state index >= 15 is 0 Å². The van der Waals surface area contributed by atoms with E-state index in [1.807, 2.05) is 32.0 Å². The maximum atomic E-state index is 12.0. The number of hydrogen-bond donors (Lipinski definition) is 2. The van der Waals surface area contributed by atoms with Crippen molar-refractivity contribution in [3.8, 4) is 0 Å². The van der Waals surface area contributed by atoms with Gasteiger partial charge in [-0.2, -0.15) is 0 Å². The summed E-state index contributed by atoms with van der Waals surface area (Å²) in [6.07, 6.45) is 1.75. The van der Waals surface area contributed by atoms with E-state index in [4.69, 9.17) is 0 Å². The summed E-state index contributed by atoms with van der Waals surface area (Å²) in [6, 6.07) is 5.71. The number of nitrogens with one attached hydrogen (secondary N) is 2. The van der Waals surface area contributed by atoms with Gasteiger partial charge >= 0.3 is 0 Å². The average molecular weight is 233 g/mol. The van der Waals surface area contributed by atoms with E-state index < -0.39 is 0 Å². The minimum absolute atomic E-state index is 0.0285. The first-order valence-corrected chi connectivity index (χ1v) is 6.10. The van der Waals surface area contributed by atoms with Gasteiger partial charge in [-0.05, 0) is 38.1 Å². The van der Waals surface area contributed by atoms with Crippen molar-refractivity contribution < 1.29 is 4.79 Å². The molecule has 0 radical (unpaired) electrons. The normalized spacial score (nSPS) is 19.2. The van der Waals surface area contributed by atoms with Crippen LogP contribution in [-0.2, 0) is 4.79 Å². The summed E-state index contributed by atoms with van der Waals surface area (Å²) in [7, 11) is 0. The molecule has 4 heteroatoms. The van der Waals surface area contributed by atoms with Crippen LogP contribution in [0.3, 0.4) is 0 Å². The zero-order chi connectivity index (χ0) is 12.3. The van der Waals surface area contributed by atoms with Crippen molar-refractivity contribution in [3.63, 3.8) is 0 Å². The molecule has 17 heavy (non-hydrogen) atoms. The fourth-order valence-corrected chi connectivity index (χ4v) is 1.93. The van der Waals surface area contributed by atoms with Gasteiger partial charge in [0.1, 0.15) is 0 Å². The maximum absolute atomic E-state index is 12.0. The van der Waals surface area contributed by atoms with Gasteiger partial charge in [0, 0.05) is 12.1 Å². The summed E-state index contributed by atoms with van der Waals surface area (Å²) in [5, 5.41) is 6.21. The van der Waals surface area contributed by atoms with Crippen LogP contribution in [0.4, 0.5) is 0 Å². The van der Waals surface area contributed by atoms with Crippen LogP contribution in [0.15, 0.2) is 24.4 Å². The van der Waals surface area contributed by atoms with E-state index in [9.17, 15) is 4.79 Å². The molecule has 0 saturated carbocycles. The highest BCUT2D eigenvalue weighted by atomic mass is 16.1. The van der Waals surface area contributed by atoms with E-state index in [1.165, 1.54) is 0 Å². The highest BCUT2D eigenvalue weighted by Gasteiger charge is 2.29. The number of pyridine rings is 1. The summed E-state index contributed by atoms with van der Waals surface area (Å²) < 4.78 is 0. The summed E-state index contributed by atoms with van der Waals surface area (Å²) in [5.74, 6) is 0.669. The standard InChI is InChI=1S/C13H19N3O/c1-9(11-7-14-8-11)13(17)16-10(2)12-5-3-4-6-15-12/h3-6,9-11,14H,7-8H2,1-2H3,(H,16,17). The molecule has 0 spiro atoms. The van der Waals surface area contributed by atoms with Gasteiger partial charge in [-0.3, -0.25) is 9.78 Å². The third kappa shape index (κ3) is 2.82. The van der Waals surface area contributed by atoms with Gasteiger partial charge in [0.2, 0.25) is 5.91 Å². The zero-order valence-electron chi connectivity index (χ0n) is 10.3. The second-order valence-electron chi connectivity index (χ2n) is 4.69. The molecular formula is C13H19N3O. The molecule has 1 saturated heterocycles. The molecule has 1 fully saturated rings. The molecule has 2 N–H and O–H groups in total. The summed E-state index contributed by atoms with van der Waals surface area (Å²) in [6.45, 7) is 5.86. The summed E-state index contributed by atoms with van der Waals surface area (Å²) in [5.41, 5.74) is 0.903. The Morgan fingerprint density at radius 2 is 2.24 bits per heavy atom. The average Bonchev–Trinajstić information content (AvgIpc) is 2.27. The van der Waals surface area contributed by atoms with Crippen LogP contribution in [0.25, 0.3) is 0 Å². The van der Waals surface area contributed by atoms with E-state index in [1.54, 1.807) is 6.20 Å². The van der Waals surface area contributed by atoms with Gasteiger partial charge in [-0.15, -0.1) is 0 Å². The van der Waals surface area contributed by atoms with Crippen molar-refractivity contribution in [1.29, 1.82) is 0 Å². The number of aromatic nitrogens is 1. The molecule has 2 heterocycles. The lowest BCUT2D eigenvalue weighted by Gasteiger charge is -2.32. The third-order valence-corrected chi connectivity index (χ3v) is 3.42.